The van der Waals surface area contributed by atoms with Gasteiger partial charge in [0.1, 0.15) is 6.04 Å². The molecule has 2 rings (SSSR count). The zero-order chi connectivity index (χ0) is 15.4. The molecule has 0 radical (unpaired) electrons. The molecule has 2 amide bonds. The first-order valence-electron chi connectivity index (χ1n) is 7.96. The largest absolute Gasteiger partial charge is 0.341 e. The molecule has 2 fully saturated rings. The van der Waals surface area contributed by atoms with Crippen molar-refractivity contribution in [2.75, 3.05) is 24.7 Å². The van der Waals surface area contributed by atoms with Gasteiger partial charge >= 0.3 is 0 Å². The molecule has 5 nitrogen and oxygen atoms in total. The van der Waals surface area contributed by atoms with Crippen LogP contribution < -0.4 is 5.73 Å². The molecule has 0 saturated carbocycles. The van der Waals surface area contributed by atoms with E-state index in [1.165, 1.54) is 0 Å². The third-order valence-corrected chi connectivity index (χ3v) is 5.48. The third kappa shape index (κ3) is 3.92. The van der Waals surface area contributed by atoms with E-state index in [9.17, 15) is 9.59 Å². The maximum atomic E-state index is 12.8. The molecule has 0 aromatic rings. The van der Waals surface area contributed by atoms with Crippen LogP contribution >= 0.6 is 11.8 Å². The second-order valence-corrected chi connectivity index (χ2v) is 7.17. The second-order valence-electron chi connectivity index (χ2n) is 6.17. The van der Waals surface area contributed by atoms with Gasteiger partial charge in [0.15, 0.2) is 0 Å². The number of thioether (sulfide) groups is 1. The van der Waals surface area contributed by atoms with Crippen LogP contribution in [0.15, 0.2) is 0 Å². The molecule has 3 atom stereocenters. The number of piperidine rings is 1. The van der Waals surface area contributed by atoms with Gasteiger partial charge in [-0.25, -0.2) is 0 Å². The van der Waals surface area contributed by atoms with E-state index in [0.29, 0.717) is 18.2 Å². The van der Waals surface area contributed by atoms with Crippen molar-refractivity contribution in [2.45, 2.75) is 51.6 Å². The molecular formula is C15H27N3O2S. The number of carbonyl (C=O) groups excluding carboxylic acids is 2. The summed E-state index contributed by atoms with van der Waals surface area (Å²) in [7, 11) is 0. The van der Waals surface area contributed by atoms with E-state index in [2.05, 4.69) is 0 Å². The summed E-state index contributed by atoms with van der Waals surface area (Å²) in [6.07, 6.45) is 3.48. The fourth-order valence-corrected chi connectivity index (χ4v) is 4.27. The van der Waals surface area contributed by atoms with Crippen molar-refractivity contribution in [3.63, 3.8) is 0 Å². The zero-order valence-corrected chi connectivity index (χ0v) is 13.9. The fourth-order valence-electron chi connectivity index (χ4n) is 3.10. The lowest BCUT2D eigenvalue weighted by Gasteiger charge is -2.37. The van der Waals surface area contributed by atoms with E-state index in [1.807, 2.05) is 18.7 Å². The molecular weight excluding hydrogens is 286 g/mol. The fraction of sp³-hybridized carbons (Fsp3) is 0.867. The zero-order valence-electron chi connectivity index (χ0n) is 13.1. The number of rotatable bonds is 4. The van der Waals surface area contributed by atoms with Crippen LogP contribution in [-0.4, -0.2) is 58.4 Å². The Hall–Kier alpha value is -0.750. The summed E-state index contributed by atoms with van der Waals surface area (Å²) in [6, 6.07) is -0.141. The van der Waals surface area contributed by atoms with Crippen LogP contribution in [0, 0.1) is 5.92 Å². The van der Waals surface area contributed by atoms with Gasteiger partial charge in [0, 0.05) is 31.3 Å². The van der Waals surface area contributed by atoms with Gasteiger partial charge in [0.2, 0.25) is 11.8 Å². The number of hydrogen-bond donors (Lipinski definition) is 1. The number of amides is 2. The number of likely N-dealkylation sites (tertiary alicyclic amines) is 1. The Morgan fingerprint density at radius 1 is 1.43 bits per heavy atom. The van der Waals surface area contributed by atoms with E-state index >= 15 is 0 Å². The first kappa shape index (κ1) is 16.6. The SMILES string of the molecule is CCCC(=O)N1CSCC1C(=O)N1CCCC(C(C)N)C1. The average Bonchev–Trinajstić information content (AvgIpc) is 2.96. The van der Waals surface area contributed by atoms with Gasteiger partial charge in [-0.05, 0) is 32.1 Å². The highest BCUT2D eigenvalue weighted by Gasteiger charge is 2.38. The normalized spacial score (nSPS) is 27.8. The quantitative estimate of drug-likeness (QED) is 0.849. The number of nitrogens with zero attached hydrogens (tertiary/aromatic N) is 2. The molecule has 0 aromatic heterocycles. The molecule has 120 valence electrons. The molecule has 0 spiro atoms. The van der Waals surface area contributed by atoms with Crippen LogP contribution in [0.5, 0.6) is 0 Å². The van der Waals surface area contributed by atoms with Crippen molar-refractivity contribution < 1.29 is 9.59 Å². The van der Waals surface area contributed by atoms with Crippen LogP contribution in [0.4, 0.5) is 0 Å². The van der Waals surface area contributed by atoms with Crippen molar-refractivity contribution in [3.05, 3.63) is 0 Å². The summed E-state index contributed by atoms with van der Waals surface area (Å²) in [5, 5.41) is 0. The molecule has 0 aromatic carbocycles. The average molecular weight is 313 g/mol. The number of nitrogens with two attached hydrogens (primary N) is 1. The maximum Gasteiger partial charge on any atom is 0.246 e. The summed E-state index contributed by atoms with van der Waals surface area (Å²) in [5.41, 5.74) is 5.99. The lowest BCUT2D eigenvalue weighted by atomic mass is 9.92. The van der Waals surface area contributed by atoms with Gasteiger partial charge < -0.3 is 15.5 Å². The predicted molar refractivity (Wildman–Crippen MR) is 85.8 cm³/mol. The minimum Gasteiger partial charge on any atom is -0.341 e. The smallest absolute Gasteiger partial charge is 0.246 e. The van der Waals surface area contributed by atoms with E-state index < -0.39 is 0 Å². The first-order chi connectivity index (χ1) is 10.0. The van der Waals surface area contributed by atoms with Crippen LogP contribution in [0.2, 0.25) is 0 Å². The maximum absolute atomic E-state index is 12.8. The molecule has 2 aliphatic heterocycles. The summed E-state index contributed by atoms with van der Waals surface area (Å²) in [4.78, 5) is 28.6. The molecule has 0 bridgehead atoms. The Kier molecular flexibility index (Phi) is 5.93. The summed E-state index contributed by atoms with van der Waals surface area (Å²) >= 11 is 1.68. The van der Waals surface area contributed by atoms with Gasteiger partial charge in [0.05, 0.1) is 5.88 Å². The van der Waals surface area contributed by atoms with Crippen LogP contribution in [-0.2, 0) is 9.59 Å². The van der Waals surface area contributed by atoms with Crippen LogP contribution in [0.1, 0.15) is 39.5 Å². The van der Waals surface area contributed by atoms with Crippen molar-refractivity contribution in [1.29, 1.82) is 0 Å². The number of hydrogen-bond acceptors (Lipinski definition) is 4. The van der Waals surface area contributed by atoms with Crippen LogP contribution in [0.25, 0.3) is 0 Å². The van der Waals surface area contributed by atoms with E-state index in [0.717, 1.165) is 38.1 Å². The Balaban J connectivity index is 1.99. The molecule has 2 N–H and O–H groups in total. The van der Waals surface area contributed by atoms with Gasteiger partial charge in [0.25, 0.3) is 0 Å². The van der Waals surface area contributed by atoms with Gasteiger partial charge in [-0.2, -0.15) is 0 Å². The highest BCUT2D eigenvalue weighted by atomic mass is 32.2. The van der Waals surface area contributed by atoms with E-state index in [-0.39, 0.29) is 23.9 Å². The third-order valence-electron chi connectivity index (χ3n) is 4.46. The Morgan fingerprint density at radius 2 is 2.19 bits per heavy atom. The molecule has 6 heteroatoms. The van der Waals surface area contributed by atoms with Crippen molar-refractivity contribution in [3.8, 4) is 0 Å². The number of carbonyl (C=O) groups is 2. The topological polar surface area (TPSA) is 66.6 Å². The first-order valence-corrected chi connectivity index (χ1v) is 9.11. The molecule has 3 unspecified atom stereocenters. The van der Waals surface area contributed by atoms with Gasteiger partial charge in [-0.1, -0.05) is 6.92 Å². The van der Waals surface area contributed by atoms with Crippen molar-refractivity contribution >= 4 is 23.6 Å². The highest BCUT2D eigenvalue weighted by molar-refractivity contribution is 7.99. The highest BCUT2D eigenvalue weighted by Crippen LogP contribution is 2.26. The summed E-state index contributed by atoms with van der Waals surface area (Å²) < 4.78 is 0. The second kappa shape index (κ2) is 7.49. The van der Waals surface area contributed by atoms with Crippen LogP contribution in [0.3, 0.4) is 0 Å². The minimum atomic E-state index is -0.263. The van der Waals surface area contributed by atoms with E-state index in [4.69, 9.17) is 5.73 Å². The monoisotopic (exact) mass is 313 g/mol. The lowest BCUT2D eigenvalue weighted by molar-refractivity contribution is -0.144. The minimum absolute atomic E-state index is 0.113. The summed E-state index contributed by atoms with van der Waals surface area (Å²) in [5.74, 6) is 2.00. The molecule has 2 heterocycles. The molecule has 2 saturated heterocycles. The lowest BCUT2D eigenvalue weighted by Crippen LogP contribution is -2.53. The Bertz CT molecular complexity index is 389. The Morgan fingerprint density at radius 3 is 2.86 bits per heavy atom. The van der Waals surface area contributed by atoms with Crippen molar-refractivity contribution in [2.24, 2.45) is 11.7 Å². The van der Waals surface area contributed by atoms with Gasteiger partial charge in [-0.3, -0.25) is 9.59 Å². The molecule has 21 heavy (non-hydrogen) atoms. The summed E-state index contributed by atoms with van der Waals surface area (Å²) in [6.45, 7) is 5.56. The van der Waals surface area contributed by atoms with Crippen molar-refractivity contribution in [1.82, 2.24) is 9.80 Å². The standard InChI is InChI=1S/C15H27N3O2S/c1-3-5-14(19)18-10-21-9-13(18)15(20)17-7-4-6-12(8-17)11(2)16/h11-13H,3-10,16H2,1-2H3. The molecule has 0 aliphatic carbocycles. The molecule has 2 aliphatic rings. The van der Waals surface area contributed by atoms with Gasteiger partial charge in [-0.15, -0.1) is 11.8 Å². The predicted octanol–water partition coefficient (Wildman–Crippen LogP) is 1.27. The Labute approximate surface area is 131 Å². The van der Waals surface area contributed by atoms with E-state index in [1.54, 1.807) is 16.7 Å².